The summed E-state index contributed by atoms with van der Waals surface area (Å²) in [6.07, 6.45) is 3.18. The predicted molar refractivity (Wildman–Crippen MR) is 103 cm³/mol. The maximum Gasteiger partial charge on any atom is 0.172 e. The van der Waals surface area contributed by atoms with Crippen molar-refractivity contribution in [1.29, 1.82) is 0 Å². The molecule has 25 heavy (non-hydrogen) atoms. The normalized spacial score (nSPS) is 16.0. The minimum Gasteiger partial charge on any atom is -0.369 e. The third-order valence-corrected chi connectivity index (χ3v) is 6.50. The summed E-state index contributed by atoms with van der Waals surface area (Å²) >= 11 is 1.61. The molecule has 0 radical (unpaired) electrons. The van der Waals surface area contributed by atoms with Crippen LogP contribution in [0.4, 0.5) is 5.82 Å². The Labute approximate surface area is 151 Å². The molecule has 2 heterocycles. The van der Waals surface area contributed by atoms with Gasteiger partial charge in [-0.3, -0.25) is 0 Å². The molecule has 130 valence electrons. The molecule has 0 spiro atoms. The molecular weight excluding hydrogens is 354 g/mol. The fraction of sp³-hybridized carbons (Fsp3) is 0.333. The number of nitrogens with zero attached hydrogens (tertiary/aromatic N) is 2. The zero-order chi connectivity index (χ0) is 17.5. The van der Waals surface area contributed by atoms with Crippen molar-refractivity contribution in [2.75, 3.05) is 23.9 Å². The monoisotopic (exact) mass is 373 g/mol. The van der Waals surface area contributed by atoms with Gasteiger partial charge in [0.15, 0.2) is 5.82 Å². The molecule has 5 nitrogen and oxygen atoms in total. The Hall–Kier alpha value is -1.99. The maximum absolute atomic E-state index is 11.7. The molecule has 0 saturated heterocycles. The van der Waals surface area contributed by atoms with E-state index in [1.54, 1.807) is 11.3 Å². The fourth-order valence-corrected chi connectivity index (χ4v) is 5.26. The number of hydrogen-bond acceptors (Lipinski definition) is 6. The van der Waals surface area contributed by atoms with Crippen molar-refractivity contribution in [1.82, 2.24) is 9.97 Å². The van der Waals surface area contributed by atoms with Crippen LogP contribution in [0.2, 0.25) is 0 Å². The molecule has 1 N–H and O–H groups in total. The van der Waals surface area contributed by atoms with E-state index in [0.717, 1.165) is 34.4 Å². The summed E-state index contributed by atoms with van der Waals surface area (Å²) in [7, 11) is -2.98. The number of para-hydroxylation sites is 1. The van der Waals surface area contributed by atoms with Gasteiger partial charge in [-0.1, -0.05) is 18.2 Å². The van der Waals surface area contributed by atoms with Crippen molar-refractivity contribution in [2.24, 2.45) is 5.41 Å². The van der Waals surface area contributed by atoms with Crippen LogP contribution in [0.25, 0.3) is 21.6 Å². The van der Waals surface area contributed by atoms with Gasteiger partial charge in [0.1, 0.15) is 15.7 Å². The lowest BCUT2D eigenvalue weighted by molar-refractivity contribution is 0.560. The summed E-state index contributed by atoms with van der Waals surface area (Å²) < 4.78 is 23.3. The van der Waals surface area contributed by atoms with E-state index in [2.05, 4.69) is 10.3 Å². The SMILES string of the molecule is CS(=O)(=O)CC1(CNc2nc(-c3cccs3)nc3ccccc23)CC1. The molecule has 3 aromatic rings. The summed E-state index contributed by atoms with van der Waals surface area (Å²) in [6.45, 7) is 0.616. The van der Waals surface area contributed by atoms with Crippen LogP contribution in [-0.2, 0) is 9.84 Å². The standard InChI is InChI=1S/C18H19N3O2S2/c1-25(22,23)12-18(8-9-18)11-19-16-13-5-2-3-6-14(13)20-17(21-16)15-7-4-10-24-15/h2-7,10H,8-9,11-12H2,1H3,(H,19,20,21). The van der Waals surface area contributed by atoms with E-state index in [0.29, 0.717) is 12.4 Å². The highest BCUT2D eigenvalue weighted by Gasteiger charge is 2.45. The fourth-order valence-electron chi connectivity index (χ4n) is 3.10. The van der Waals surface area contributed by atoms with Crippen molar-refractivity contribution in [3.8, 4) is 10.7 Å². The average molecular weight is 374 g/mol. The third kappa shape index (κ3) is 3.67. The van der Waals surface area contributed by atoms with Crippen LogP contribution in [0.5, 0.6) is 0 Å². The molecule has 1 aromatic carbocycles. The Morgan fingerprint density at radius 2 is 1.96 bits per heavy atom. The van der Waals surface area contributed by atoms with Crippen molar-refractivity contribution in [2.45, 2.75) is 12.8 Å². The predicted octanol–water partition coefficient (Wildman–Crippen LogP) is 3.60. The highest BCUT2D eigenvalue weighted by atomic mass is 32.2. The summed E-state index contributed by atoms with van der Waals surface area (Å²) in [6, 6.07) is 11.9. The largest absolute Gasteiger partial charge is 0.369 e. The lowest BCUT2D eigenvalue weighted by Gasteiger charge is -2.16. The van der Waals surface area contributed by atoms with Crippen LogP contribution >= 0.6 is 11.3 Å². The van der Waals surface area contributed by atoms with Crippen LogP contribution in [0.15, 0.2) is 41.8 Å². The Kier molecular flexibility index (Phi) is 4.00. The maximum atomic E-state index is 11.7. The van der Waals surface area contributed by atoms with Crippen LogP contribution in [0, 0.1) is 5.41 Å². The van der Waals surface area contributed by atoms with Gasteiger partial charge in [0, 0.05) is 23.6 Å². The van der Waals surface area contributed by atoms with Crippen LogP contribution in [0.1, 0.15) is 12.8 Å². The molecule has 1 aliphatic carbocycles. The second kappa shape index (κ2) is 6.07. The Balaban J connectivity index is 1.67. The number of rotatable bonds is 6. The molecule has 0 aliphatic heterocycles. The van der Waals surface area contributed by atoms with E-state index in [-0.39, 0.29) is 11.2 Å². The number of thiophene rings is 1. The molecule has 1 fully saturated rings. The minimum absolute atomic E-state index is 0.150. The van der Waals surface area contributed by atoms with Crippen molar-refractivity contribution in [3.05, 3.63) is 41.8 Å². The number of nitrogens with one attached hydrogen (secondary N) is 1. The van der Waals surface area contributed by atoms with E-state index in [4.69, 9.17) is 4.98 Å². The Morgan fingerprint density at radius 1 is 1.16 bits per heavy atom. The summed E-state index contributed by atoms with van der Waals surface area (Å²) in [5.74, 6) is 1.70. The smallest absolute Gasteiger partial charge is 0.172 e. The van der Waals surface area contributed by atoms with Crippen molar-refractivity contribution < 1.29 is 8.42 Å². The number of aromatic nitrogens is 2. The number of anilines is 1. The minimum atomic E-state index is -2.98. The lowest BCUT2D eigenvalue weighted by atomic mass is 10.1. The van der Waals surface area contributed by atoms with Gasteiger partial charge in [0.25, 0.3) is 0 Å². The molecule has 1 saturated carbocycles. The first-order chi connectivity index (χ1) is 11.9. The van der Waals surface area contributed by atoms with E-state index in [1.807, 2.05) is 41.8 Å². The third-order valence-electron chi connectivity index (χ3n) is 4.50. The first kappa shape index (κ1) is 16.5. The molecule has 0 amide bonds. The number of hydrogen-bond donors (Lipinski definition) is 1. The van der Waals surface area contributed by atoms with Gasteiger partial charge in [0.2, 0.25) is 0 Å². The van der Waals surface area contributed by atoms with Crippen LogP contribution < -0.4 is 5.32 Å². The van der Waals surface area contributed by atoms with Gasteiger partial charge in [-0.25, -0.2) is 18.4 Å². The van der Waals surface area contributed by atoms with Gasteiger partial charge in [-0.15, -0.1) is 11.3 Å². The zero-order valence-electron chi connectivity index (χ0n) is 13.9. The van der Waals surface area contributed by atoms with Gasteiger partial charge >= 0.3 is 0 Å². The second-order valence-electron chi connectivity index (χ2n) is 6.81. The lowest BCUT2D eigenvalue weighted by Crippen LogP contribution is -2.24. The van der Waals surface area contributed by atoms with Crippen molar-refractivity contribution >= 4 is 37.9 Å². The van der Waals surface area contributed by atoms with Crippen LogP contribution in [0.3, 0.4) is 0 Å². The molecule has 0 bridgehead atoms. The number of sulfone groups is 1. The van der Waals surface area contributed by atoms with E-state index >= 15 is 0 Å². The molecule has 7 heteroatoms. The van der Waals surface area contributed by atoms with Gasteiger partial charge in [-0.2, -0.15) is 0 Å². The molecular formula is C18H19N3O2S2. The van der Waals surface area contributed by atoms with Gasteiger partial charge in [0.05, 0.1) is 16.1 Å². The number of fused-ring (bicyclic) bond motifs is 1. The Bertz CT molecular complexity index is 1010. The highest BCUT2D eigenvalue weighted by Crippen LogP contribution is 2.46. The summed E-state index contributed by atoms with van der Waals surface area (Å²) in [5.41, 5.74) is 0.735. The van der Waals surface area contributed by atoms with E-state index in [9.17, 15) is 8.42 Å². The topological polar surface area (TPSA) is 72.0 Å². The molecule has 0 atom stereocenters. The molecule has 2 aromatic heterocycles. The molecule has 0 unspecified atom stereocenters. The number of benzene rings is 1. The van der Waals surface area contributed by atoms with Crippen molar-refractivity contribution in [3.63, 3.8) is 0 Å². The van der Waals surface area contributed by atoms with E-state index < -0.39 is 9.84 Å². The molecule has 1 aliphatic rings. The molecule has 4 rings (SSSR count). The van der Waals surface area contributed by atoms with Gasteiger partial charge in [-0.05, 0) is 36.4 Å². The highest BCUT2D eigenvalue weighted by molar-refractivity contribution is 7.90. The van der Waals surface area contributed by atoms with Gasteiger partial charge < -0.3 is 5.32 Å². The first-order valence-electron chi connectivity index (χ1n) is 8.16. The summed E-state index contributed by atoms with van der Waals surface area (Å²) in [4.78, 5) is 10.4. The Morgan fingerprint density at radius 3 is 2.64 bits per heavy atom. The van der Waals surface area contributed by atoms with E-state index in [1.165, 1.54) is 6.26 Å². The average Bonchev–Trinajstić information content (AvgIpc) is 3.10. The first-order valence-corrected chi connectivity index (χ1v) is 11.1. The second-order valence-corrected chi connectivity index (χ2v) is 9.90. The summed E-state index contributed by atoms with van der Waals surface area (Å²) in [5, 5.41) is 6.37. The van der Waals surface area contributed by atoms with Crippen LogP contribution in [-0.4, -0.2) is 36.9 Å². The quantitative estimate of drug-likeness (QED) is 0.715. The zero-order valence-corrected chi connectivity index (χ0v) is 15.5.